The van der Waals surface area contributed by atoms with Crippen LogP contribution >= 0.6 is 0 Å². The van der Waals surface area contributed by atoms with Crippen LogP contribution in [0.25, 0.3) is 19.6 Å². The van der Waals surface area contributed by atoms with Crippen LogP contribution in [0.3, 0.4) is 0 Å². The summed E-state index contributed by atoms with van der Waals surface area (Å²) in [4.78, 5) is 4.51. The van der Waals surface area contributed by atoms with Crippen molar-refractivity contribution in [3.05, 3.63) is 35.7 Å². The summed E-state index contributed by atoms with van der Waals surface area (Å²) in [6, 6.07) is 4.48. The van der Waals surface area contributed by atoms with E-state index in [1.165, 1.54) is 30.7 Å². The third-order valence-electron chi connectivity index (χ3n) is 3.03. The molecule has 2 nitrogen and oxygen atoms in total. The third kappa shape index (κ3) is 0.901. The Labute approximate surface area is 92.9 Å². The van der Waals surface area contributed by atoms with Crippen LogP contribution in [0.5, 0.6) is 0 Å². The molecule has 72 valence electrons. The van der Waals surface area contributed by atoms with Gasteiger partial charge < -0.3 is 0 Å². The van der Waals surface area contributed by atoms with Crippen molar-refractivity contribution < 1.29 is 4.57 Å². The predicted octanol–water partition coefficient (Wildman–Crippen LogP) is 1.40. The molecular weight excluding hydrogens is 251 g/mol. The zero-order valence-corrected chi connectivity index (χ0v) is 10.0. The van der Waals surface area contributed by atoms with Gasteiger partial charge in [-0.3, -0.25) is 0 Å². The molecule has 15 heavy (non-hydrogen) atoms. The van der Waals surface area contributed by atoms with Crippen LogP contribution < -0.4 is 4.57 Å². The minimum atomic E-state index is 0.425. The molecule has 3 aromatic heterocycles. The molecule has 0 saturated carbocycles. The van der Waals surface area contributed by atoms with Crippen LogP contribution in [0, 0.1) is 6.92 Å². The molecule has 0 unspecified atom stereocenters. The molecule has 0 aliphatic carbocycles. The Balaban J connectivity index is 2.38. The van der Waals surface area contributed by atoms with Crippen LogP contribution in [0.1, 0.15) is 11.1 Å². The van der Waals surface area contributed by atoms with E-state index in [-0.39, 0.29) is 0 Å². The second-order valence-corrected chi connectivity index (χ2v) is 6.27. The van der Waals surface area contributed by atoms with Gasteiger partial charge in [0.25, 0.3) is 0 Å². The van der Waals surface area contributed by atoms with E-state index in [2.05, 4.69) is 34.8 Å². The summed E-state index contributed by atoms with van der Waals surface area (Å²) in [7, 11) is 0. The van der Waals surface area contributed by atoms with Crippen LogP contribution in [0.4, 0.5) is 0 Å². The van der Waals surface area contributed by atoms with Gasteiger partial charge in [0, 0.05) is 0 Å². The fourth-order valence-electron chi connectivity index (χ4n) is 2.46. The Morgan fingerprint density at radius 3 is 3.33 bits per heavy atom. The Morgan fingerprint density at radius 2 is 2.40 bits per heavy atom. The standard InChI is InChI=1S/C12H9N2Se/c1-7-4-9-11-10-8(6-14(11)5-7)2-3-13-12(10)15-9/h2-5H,6H2,1H3/q+1. The zero-order chi connectivity index (χ0) is 9.99. The predicted molar refractivity (Wildman–Crippen MR) is 60.2 cm³/mol. The second-order valence-electron chi connectivity index (χ2n) is 4.11. The number of aryl methyl sites for hydroxylation is 1. The molecule has 4 rings (SSSR count). The van der Waals surface area contributed by atoms with Crippen molar-refractivity contribution in [3.63, 3.8) is 0 Å². The number of aromatic nitrogens is 2. The first-order valence-electron chi connectivity index (χ1n) is 5.03. The molecule has 4 heterocycles. The average molecular weight is 260 g/mol. The van der Waals surface area contributed by atoms with Crippen LogP contribution in [0.15, 0.2) is 24.5 Å². The SMILES string of the molecule is Cc1cc2[se]c3nccc4c3c2[n+](c1)C4. The van der Waals surface area contributed by atoms with E-state index in [4.69, 9.17) is 0 Å². The van der Waals surface area contributed by atoms with Crippen molar-refractivity contribution in [1.82, 2.24) is 4.98 Å². The van der Waals surface area contributed by atoms with Crippen LogP contribution in [-0.2, 0) is 6.54 Å². The normalized spacial score (nSPS) is 13.4. The molecule has 0 spiro atoms. The molecule has 3 heteroatoms. The summed E-state index contributed by atoms with van der Waals surface area (Å²) < 4.78 is 5.22. The Kier molecular flexibility index (Phi) is 1.33. The molecule has 0 radical (unpaired) electrons. The Morgan fingerprint density at radius 1 is 1.47 bits per heavy atom. The van der Waals surface area contributed by atoms with Gasteiger partial charge in [-0.05, 0) is 0 Å². The maximum atomic E-state index is 4.51. The van der Waals surface area contributed by atoms with Gasteiger partial charge in [0.2, 0.25) is 0 Å². The number of hydrogen-bond acceptors (Lipinski definition) is 1. The van der Waals surface area contributed by atoms with E-state index in [1.54, 1.807) is 0 Å². The molecule has 0 atom stereocenters. The zero-order valence-electron chi connectivity index (χ0n) is 8.32. The summed E-state index contributed by atoms with van der Waals surface area (Å²) in [5.74, 6) is 0. The topological polar surface area (TPSA) is 16.8 Å². The fourth-order valence-corrected chi connectivity index (χ4v) is 5.01. The van der Waals surface area contributed by atoms with Crippen molar-refractivity contribution in [2.75, 3.05) is 0 Å². The summed E-state index contributed by atoms with van der Waals surface area (Å²) in [5.41, 5.74) is 4.26. The molecule has 3 aromatic rings. The van der Waals surface area contributed by atoms with Gasteiger partial charge in [-0.2, -0.15) is 0 Å². The molecule has 1 aliphatic heterocycles. The van der Waals surface area contributed by atoms with E-state index in [0.29, 0.717) is 14.5 Å². The first-order valence-corrected chi connectivity index (χ1v) is 6.74. The summed E-state index contributed by atoms with van der Waals surface area (Å²) in [6.45, 7) is 3.21. The first-order chi connectivity index (χ1) is 7.33. The number of pyridine rings is 2. The van der Waals surface area contributed by atoms with Gasteiger partial charge in [0.05, 0.1) is 0 Å². The van der Waals surface area contributed by atoms with E-state index < -0.39 is 0 Å². The fraction of sp³-hybridized carbons (Fsp3) is 0.167. The van der Waals surface area contributed by atoms with Crippen LogP contribution in [0.2, 0.25) is 0 Å². The summed E-state index contributed by atoms with van der Waals surface area (Å²) in [6.07, 6.45) is 4.21. The molecule has 0 fully saturated rings. The van der Waals surface area contributed by atoms with E-state index >= 15 is 0 Å². The second kappa shape index (κ2) is 2.49. The Bertz CT molecular complexity index is 712. The number of nitrogens with zero attached hydrogens (tertiary/aromatic N) is 2. The van der Waals surface area contributed by atoms with Crippen molar-refractivity contribution in [2.24, 2.45) is 0 Å². The van der Waals surface area contributed by atoms with Crippen molar-refractivity contribution in [1.29, 1.82) is 0 Å². The van der Waals surface area contributed by atoms with Gasteiger partial charge in [0.15, 0.2) is 0 Å². The van der Waals surface area contributed by atoms with Crippen LogP contribution in [-0.4, -0.2) is 19.5 Å². The number of hydrogen-bond donors (Lipinski definition) is 0. The van der Waals surface area contributed by atoms with Gasteiger partial charge in [-0.25, -0.2) is 0 Å². The summed E-state index contributed by atoms with van der Waals surface area (Å²) >= 11 is 0.425. The van der Waals surface area contributed by atoms with Crippen molar-refractivity contribution in [3.8, 4) is 0 Å². The first kappa shape index (κ1) is 8.03. The van der Waals surface area contributed by atoms with Crippen molar-refractivity contribution in [2.45, 2.75) is 13.5 Å². The quantitative estimate of drug-likeness (QED) is 0.345. The summed E-state index contributed by atoms with van der Waals surface area (Å²) in [5, 5.41) is 1.44. The Hall–Kier alpha value is -1.18. The monoisotopic (exact) mass is 261 g/mol. The average Bonchev–Trinajstić information content (AvgIpc) is 2.72. The molecule has 0 bridgehead atoms. The molecule has 0 aromatic carbocycles. The van der Waals surface area contributed by atoms with Gasteiger partial charge >= 0.3 is 92.7 Å². The molecule has 0 saturated heterocycles. The minimum absolute atomic E-state index is 0.425. The van der Waals surface area contributed by atoms with E-state index in [0.717, 1.165) is 6.54 Å². The van der Waals surface area contributed by atoms with Gasteiger partial charge in [0.1, 0.15) is 0 Å². The molecular formula is C12H9N2Se+. The van der Waals surface area contributed by atoms with Gasteiger partial charge in [-0.15, -0.1) is 0 Å². The van der Waals surface area contributed by atoms with Crippen molar-refractivity contribution >= 4 is 34.1 Å². The van der Waals surface area contributed by atoms with Gasteiger partial charge in [-0.1, -0.05) is 0 Å². The maximum absolute atomic E-state index is 4.51. The van der Waals surface area contributed by atoms with E-state index in [9.17, 15) is 0 Å². The van der Waals surface area contributed by atoms with E-state index in [1.807, 2.05) is 6.20 Å². The molecule has 0 N–H and O–H groups in total. The molecule has 0 amide bonds. The number of rotatable bonds is 0. The molecule has 1 aliphatic rings. The third-order valence-corrected chi connectivity index (χ3v) is 5.19.